The molecule has 1 nitrogen and oxygen atoms in total. The maximum atomic E-state index is 6.18. The van der Waals surface area contributed by atoms with E-state index >= 15 is 0 Å². The van der Waals surface area contributed by atoms with Crippen LogP contribution in [0.1, 0.15) is 44.6 Å². The Labute approximate surface area is 104 Å². The Balaban J connectivity index is 2.57. The van der Waals surface area contributed by atoms with Gasteiger partial charge in [-0.1, -0.05) is 56.5 Å². The van der Waals surface area contributed by atoms with Gasteiger partial charge >= 0.3 is 0 Å². The number of hydrogen-bond acceptors (Lipinski definition) is 1. The van der Waals surface area contributed by atoms with Crippen molar-refractivity contribution in [1.29, 1.82) is 0 Å². The predicted molar refractivity (Wildman–Crippen MR) is 71.9 cm³/mol. The molecule has 0 bridgehead atoms. The lowest BCUT2D eigenvalue weighted by atomic mass is 9.92. The third-order valence-corrected chi connectivity index (χ3v) is 3.31. The topological polar surface area (TPSA) is 26.0 Å². The summed E-state index contributed by atoms with van der Waals surface area (Å²) in [4.78, 5) is 0. The molecule has 1 atom stereocenters. The minimum Gasteiger partial charge on any atom is -0.330 e. The third kappa shape index (κ3) is 4.15. The van der Waals surface area contributed by atoms with Crippen molar-refractivity contribution in [2.24, 2.45) is 11.7 Å². The first-order valence-corrected chi connectivity index (χ1v) is 6.47. The molecule has 0 aliphatic carbocycles. The Kier molecular flexibility index (Phi) is 5.86. The van der Waals surface area contributed by atoms with Crippen LogP contribution in [0.4, 0.5) is 0 Å². The Morgan fingerprint density at radius 2 is 1.88 bits per heavy atom. The van der Waals surface area contributed by atoms with Crippen LogP contribution in [0.15, 0.2) is 24.3 Å². The molecule has 1 unspecified atom stereocenters. The van der Waals surface area contributed by atoms with Gasteiger partial charge in [0.25, 0.3) is 0 Å². The van der Waals surface area contributed by atoms with Crippen molar-refractivity contribution in [2.75, 3.05) is 6.54 Å². The van der Waals surface area contributed by atoms with Gasteiger partial charge in [0.1, 0.15) is 0 Å². The average Bonchev–Trinajstić information content (AvgIpc) is 2.25. The van der Waals surface area contributed by atoms with E-state index in [2.05, 4.69) is 19.9 Å². The maximum absolute atomic E-state index is 6.18. The van der Waals surface area contributed by atoms with Crippen LogP contribution in [-0.2, 0) is 0 Å². The molecule has 0 radical (unpaired) electrons. The Hall–Kier alpha value is -0.530. The molecule has 1 aromatic carbocycles. The van der Waals surface area contributed by atoms with Gasteiger partial charge in [-0.2, -0.15) is 0 Å². The van der Waals surface area contributed by atoms with Gasteiger partial charge in [0.2, 0.25) is 0 Å². The summed E-state index contributed by atoms with van der Waals surface area (Å²) in [6.45, 7) is 5.20. The molecule has 16 heavy (non-hydrogen) atoms. The monoisotopic (exact) mass is 239 g/mol. The lowest BCUT2D eigenvalue weighted by molar-refractivity contribution is 0.502. The van der Waals surface area contributed by atoms with Crippen LogP contribution < -0.4 is 5.73 Å². The Morgan fingerprint density at radius 1 is 1.19 bits per heavy atom. The second-order valence-corrected chi connectivity index (χ2v) is 5.19. The molecule has 1 aromatic rings. The van der Waals surface area contributed by atoms with Gasteiger partial charge in [-0.05, 0) is 36.4 Å². The van der Waals surface area contributed by atoms with Gasteiger partial charge in [-0.15, -0.1) is 0 Å². The molecule has 90 valence electrons. The zero-order valence-corrected chi connectivity index (χ0v) is 11.0. The molecular weight excluding hydrogens is 218 g/mol. The van der Waals surface area contributed by atoms with Crippen molar-refractivity contribution in [2.45, 2.75) is 39.0 Å². The molecule has 0 aromatic heterocycles. The summed E-state index contributed by atoms with van der Waals surface area (Å²) in [5, 5.41) is 0.850. The summed E-state index contributed by atoms with van der Waals surface area (Å²) in [7, 11) is 0. The largest absolute Gasteiger partial charge is 0.330 e. The van der Waals surface area contributed by atoms with Crippen LogP contribution in [0.2, 0.25) is 5.02 Å². The van der Waals surface area contributed by atoms with E-state index in [4.69, 9.17) is 17.3 Å². The van der Waals surface area contributed by atoms with E-state index in [1.807, 2.05) is 18.2 Å². The van der Waals surface area contributed by atoms with E-state index in [9.17, 15) is 0 Å². The quantitative estimate of drug-likeness (QED) is 0.791. The highest BCUT2D eigenvalue weighted by atomic mass is 35.5. The number of benzene rings is 1. The minimum atomic E-state index is 0.410. The van der Waals surface area contributed by atoms with Crippen molar-refractivity contribution in [3.63, 3.8) is 0 Å². The lowest BCUT2D eigenvalue weighted by Crippen LogP contribution is -2.13. The van der Waals surface area contributed by atoms with Crippen molar-refractivity contribution in [1.82, 2.24) is 0 Å². The average molecular weight is 240 g/mol. The normalized spacial score (nSPS) is 13.1. The first kappa shape index (κ1) is 13.5. The van der Waals surface area contributed by atoms with Gasteiger partial charge in [0.15, 0.2) is 0 Å². The highest BCUT2D eigenvalue weighted by molar-refractivity contribution is 6.31. The van der Waals surface area contributed by atoms with E-state index < -0.39 is 0 Å². The number of hydrogen-bond donors (Lipinski definition) is 1. The fraction of sp³-hybridized carbons (Fsp3) is 0.571. The second-order valence-electron chi connectivity index (χ2n) is 4.78. The second kappa shape index (κ2) is 6.93. The highest BCUT2D eigenvalue weighted by Gasteiger charge is 2.12. The SMILES string of the molecule is CC(C)CCCC(CN)c1ccccc1Cl. The van der Waals surface area contributed by atoms with Gasteiger partial charge in [0.05, 0.1) is 0 Å². The summed E-state index contributed by atoms with van der Waals surface area (Å²) in [6.07, 6.45) is 3.63. The molecule has 0 heterocycles. The lowest BCUT2D eigenvalue weighted by Gasteiger charge is -2.17. The fourth-order valence-corrected chi connectivity index (χ4v) is 2.27. The van der Waals surface area contributed by atoms with Crippen LogP contribution in [0.25, 0.3) is 0 Å². The minimum absolute atomic E-state index is 0.410. The van der Waals surface area contributed by atoms with Gasteiger partial charge in [-0.25, -0.2) is 0 Å². The first-order valence-electron chi connectivity index (χ1n) is 6.09. The summed E-state index contributed by atoms with van der Waals surface area (Å²) in [5.41, 5.74) is 7.04. The first-order chi connectivity index (χ1) is 7.65. The van der Waals surface area contributed by atoms with Crippen molar-refractivity contribution in [3.8, 4) is 0 Å². The molecule has 1 rings (SSSR count). The van der Waals surface area contributed by atoms with Gasteiger partial charge in [-0.3, -0.25) is 0 Å². The van der Waals surface area contributed by atoms with Crippen molar-refractivity contribution >= 4 is 11.6 Å². The number of nitrogens with two attached hydrogens (primary N) is 1. The van der Waals surface area contributed by atoms with E-state index in [-0.39, 0.29) is 0 Å². The van der Waals surface area contributed by atoms with E-state index in [1.54, 1.807) is 0 Å². The van der Waals surface area contributed by atoms with Crippen molar-refractivity contribution in [3.05, 3.63) is 34.9 Å². The molecule has 0 spiro atoms. The highest BCUT2D eigenvalue weighted by Crippen LogP contribution is 2.28. The Bertz CT molecular complexity index is 309. The van der Waals surface area contributed by atoms with E-state index in [0.29, 0.717) is 12.5 Å². The molecule has 0 aliphatic heterocycles. The van der Waals surface area contributed by atoms with Crippen LogP contribution in [0, 0.1) is 5.92 Å². The molecule has 0 fully saturated rings. The van der Waals surface area contributed by atoms with Crippen molar-refractivity contribution < 1.29 is 0 Å². The summed E-state index contributed by atoms with van der Waals surface area (Å²) in [6, 6.07) is 8.04. The zero-order valence-electron chi connectivity index (χ0n) is 10.2. The van der Waals surface area contributed by atoms with Crippen LogP contribution >= 0.6 is 11.6 Å². The zero-order chi connectivity index (χ0) is 12.0. The fourth-order valence-electron chi connectivity index (χ4n) is 1.98. The maximum Gasteiger partial charge on any atom is 0.0441 e. The van der Waals surface area contributed by atoms with Crippen LogP contribution in [0.5, 0.6) is 0 Å². The van der Waals surface area contributed by atoms with E-state index in [0.717, 1.165) is 17.4 Å². The number of halogens is 1. The molecule has 0 amide bonds. The Morgan fingerprint density at radius 3 is 2.44 bits per heavy atom. The molecule has 0 saturated carbocycles. The molecule has 2 heteroatoms. The predicted octanol–water partition coefficient (Wildman–Crippen LogP) is 4.21. The summed E-state index contributed by atoms with van der Waals surface area (Å²) in [5.74, 6) is 1.18. The van der Waals surface area contributed by atoms with Gasteiger partial charge in [0, 0.05) is 5.02 Å². The van der Waals surface area contributed by atoms with Crippen LogP contribution in [0.3, 0.4) is 0 Å². The molecule has 0 aliphatic rings. The standard InChI is InChI=1S/C14H22ClN/c1-11(2)6-5-7-12(10-16)13-8-3-4-9-14(13)15/h3-4,8-9,11-12H,5-7,10,16H2,1-2H3. The smallest absolute Gasteiger partial charge is 0.0441 e. The molecular formula is C14H22ClN. The van der Waals surface area contributed by atoms with E-state index in [1.165, 1.54) is 18.4 Å². The number of rotatable bonds is 6. The molecule has 0 saturated heterocycles. The molecule has 2 N–H and O–H groups in total. The third-order valence-electron chi connectivity index (χ3n) is 2.96. The van der Waals surface area contributed by atoms with Crippen LogP contribution in [-0.4, -0.2) is 6.54 Å². The van der Waals surface area contributed by atoms with Gasteiger partial charge < -0.3 is 5.73 Å². The summed E-state index contributed by atoms with van der Waals surface area (Å²) < 4.78 is 0. The summed E-state index contributed by atoms with van der Waals surface area (Å²) >= 11 is 6.18.